The van der Waals surface area contributed by atoms with E-state index in [1.54, 1.807) is 6.07 Å². The van der Waals surface area contributed by atoms with Crippen molar-refractivity contribution < 1.29 is 9.13 Å². The van der Waals surface area contributed by atoms with E-state index in [0.717, 1.165) is 12.2 Å². The monoisotopic (exact) mass is 167 g/mol. The lowest BCUT2D eigenvalue weighted by atomic mass is 10.2. The lowest BCUT2D eigenvalue weighted by molar-refractivity contribution is 0.215. The fourth-order valence-electron chi connectivity index (χ4n) is 1.26. The van der Waals surface area contributed by atoms with E-state index in [1.165, 1.54) is 6.07 Å². The smallest absolute Gasteiger partial charge is 0.178 e. The highest BCUT2D eigenvalue weighted by Gasteiger charge is 2.17. The van der Waals surface area contributed by atoms with Gasteiger partial charge in [0.05, 0.1) is 12.2 Å². The van der Waals surface area contributed by atoms with Crippen molar-refractivity contribution in [2.24, 2.45) is 0 Å². The van der Waals surface area contributed by atoms with Crippen molar-refractivity contribution >= 4 is 5.69 Å². The van der Waals surface area contributed by atoms with Gasteiger partial charge in [0.25, 0.3) is 0 Å². The molecule has 0 spiro atoms. The molecule has 0 aromatic heterocycles. The second-order valence-electron chi connectivity index (χ2n) is 2.93. The van der Waals surface area contributed by atoms with Crippen LogP contribution in [0.2, 0.25) is 0 Å². The maximum absolute atomic E-state index is 13.1. The average molecular weight is 167 g/mol. The number of hydrogen-bond acceptors (Lipinski definition) is 2. The summed E-state index contributed by atoms with van der Waals surface area (Å²) in [5.74, 6) is 0.0443. The summed E-state index contributed by atoms with van der Waals surface area (Å²) in [6.07, 6.45) is 0.0365. The summed E-state index contributed by atoms with van der Waals surface area (Å²) in [6, 6.07) is 4.88. The van der Waals surface area contributed by atoms with E-state index in [9.17, 15) is 4.39 Å². The summed E-state index contributed by atoms with van der Waals surface area (Å²) >= 11 is 0. The molecule has 0 fully saturated rings. The molecule has 0 radical (unpaired) electrons. The van der Waals surface area contributed by atoms with Crippen LogP contribution in [0.25, 0.3) is 0 Å². The Balaban J connectivity index is 2.43. The zero-order valence-electron chi connectivity index (χ0n) is 6.80. The highest BCUT2D eigenvalue weighted by Crippen LogP contribution is 2.31. The summed E-state index contributed by atoms with van der Waals surface area (Å²) in [7, 11) is 0. The second kappa shape index (κ2) is 2.66. The van der Waals surface area contributed by atoms with Gasteiger partial charge in [0.15, 0.2) is 11.6 Å². The molecule has 0 aliphatic carbocycles. The van der Waals surface area contributed by atoms with Gasteiger partial charge in [-0.25, -0.2) is 4.39 Å². The molecular formula is C9H10FNO. The molecular weight excluding hydrogens is 157 g/mol. The third-order valence-electron chi connectivity index (χ3n) is 1.87. The highest BCUT2D eigenvalue weighted by atomic mass is 19.1. The summed E-state index contributed by atoms with van der Waals surface area (Å²) in [5.41, 5.74) is 0.744. The number of hydrogen-bond donors (Lipinski definition) is 1. The summed E-state index contributed by atoms with van der Waals surface area (Å²) in [4.78, 5) is 0. The quantitative estimate of drug-likeness (QED) is 0.638. The van der Waals surface area contributed by atoms with Crippen LogP contribution in [-0.4, -0.2) is 12.6 Å². The van der Waals surface area contributed by atoms with Gasteiger partial charge < -0.3 is 10.1 Å². The van der Waals surface area contributed by atoms with Crippen LogP contribution < -0.4 is 10.1 Å². The molecule has 1 N–H and O–H groups in total. The summed E-state index contributed by atoms with van der Waals surface area (Å²) in [5, 5.41) is 3.09. The highest BCUT2D eigenvalue weighted by molar-refractivity contribution is 5.58. The molecule has 1 heterocycles. The molecule has 12 heavy (non-hydrogen) atoms. The van der Waals surface area contributed by atoms with Crippen molar-refractivity contribution in [3.8, 4) is 5.75 Å². The van der Waals surface area contributed by atoms with Crippen molar-refractivity contribution in [2.45, 2.75) is 13.0 Å². The van der Waals surface area contributed by atoms with E-state index in [0.29, 0.717) is 5.75 Å². The number of fused-ring (bicyclic) bond motifs is 1. The molecule has 0 bridgehead atoms. The molecule has 1 unspecified atom stereocenters. The first-order chi connectivity index (χ1) is 5.77. The molecule has 2 nitrogen and oxygen atoms in total. The van der Waals surface area contributed by atoms with Gasteiger partial charge in [-0.05, 0) is 19.1 Å². The first-order valence-corrected chi connectivity index (χ1v) is 3.96. The van der Waals surface area contributed by atoms with E-state index in [1.807, 2.05) is 13.0 Å². The van der Waals surface area contributed by atoms with Crippen LogP contribution in [0.15, 0.2) is 18.2 Å². The van der Waals surface area contributed by atoms with Gasteiger partial charge in [-0.1, -0.05) is 6.07 Å². The van der Waals surface area contributed by atoms with Crippen molar-refractivity contribution in [3.63, 3.8) is 0 Å². The number of benzene rings is 1. The Morgan fingerprint density at radius 2 is 2.42 bits per heavy atom. The van der Waals surface area contributed by atoms with Crippen LogP contribution in [-0.2, 0) is 0 Å². The number of para-hydroxylation sites is 1. The van der Waals surface area contributed by atoms with Crippen LogP contribution in [0.3, 0.4) is 0 Å². The molecule has 0 saturated carbocycles. The number of halogens is 1. The topological polar surface area (TPSA) is 21.3 Å². The lowest BCUT2D eigenvalue weighted by Crippen LogP contribution is -2.28. The van der Waals surface area contributed by atoms with Gasteiger partial charge in [-0.2, -0.15) is 0 Å². The predicted molar refractivity (Wildman–Crippen MR) is 45.0 cm³/mol. The maximum atomic E-state index is 13.1. The van der Waals surface area contributed by atoms with E-state index in [2.05, 4.69) is 5.32 Å². The minimum absolute atomic E-state index is 0.0365. The minimum atomic E-state index is -0.299. The van der Waals surface area contributed by atoms with E-state index >= 15 is 0 Å². The largest absolute Gasteiger partial charge is 0.484 e. The Bertz CT molecular complexity index is 301. The Morgan fingerprint density at radius 1 is 1.58 bits per heavy atom. The van der Waals surface area contributed by atoms with E-state index in [4.69, 9.17) is 4.74 Å². The number of ether oxygens (including phenoxy) is 1. The van der Waals surface area contributed by atoms with Crippen LogP contribution in [0, 0.1) is 5.82 Å². The Morgan fingerprint density at radius 3 is 3.25 bits per heavy atom. The van der Waals surface area contributed by atoms with Crippen molar-refractivity contribution in [1.29, 1.82) is 0 Å². The van der Waals surface area contributed by atoms with Crippen LogP contribution >= 0.6 is 0 Å². The maximum Gasteiger partial charge on any atom is 0.178 e. The second-order valence-corrected chi connectivity index (χ2v) is 2.93. The first-order valence-electron chi connectivity index (χ1n) is 3.96. The molecule has 1 aromatic carbocycles. The molecule has 1 aliphatic rings. The predicted octanol–water partition coefficient (Wildman–Crippen LogP) is 2.02. The fraction of sp³-hybridized carbons (Fsp3) is 0.333. The molecule has 64 valence electrons. The van der Waals surface area contributed by atoms with Crippen molar-refractivity contribution in [2.75, 3.05) is 11.9 Å². The number of rotatable bonds is 0. The van der Waals surface area contributed by atoms with Gasteiger partial charge in [0.2, 0.25) is 0 Å². The molecule has 3 heteroatoms. The Labute approximate surface area is 70.3 Å². The van der Waals surface area contributed by atoms with Gasteiger partial charge >= 0.3 is 0 Å². The van der Waals surface area contributed by atoms with Gasteiger partial charge in [0.1, 0.15) is 6.10 Å². The fourth-order valence-corrected chi connectivity index (χ4v) is 1.26. The van der Waals surface area contributed by atoms with Crippen molar-refractivity contribution in [1.82, 2.24) is 0 Å². The van der Waals surface area contributed by atoms with Crippen LogP contribution in [0.1, 0.15) is 6.92 Å². The molecule has 1 atom stereocenters. The standard InChI is InChI=1S/C9H10FNO/c1-6-5-11-8-4-2-3-7(10)9(8)12-6/h2-4,6,11H,5H2,1H3. The zero-order valence-corrected chi connectivity index (χ0v) is 6.80. The molecule has 0 amide bonds. The van der Waals surface area contributed by atoms with Gasteiger partial charge in [-0.3, -0.25) is 0 Å². The Kier molecular flexibility index (Phi) is 1.64. The van der Waals surface area contributed by atoms with Crippen LogP contribution in [0.4, 0.5) is 10.1 Å². The summed E-state index contributed by atoms with van der Waals surface area (Å²) in [6.45, 7) is 2.64. The minimum Gasteiger partial charge on any atom is -0.484 e. The van der Waals surface area contributed by atoms with Crippen molar-refractivity contribution in [3.05, 3.63) is 24.0 Å². The van der Waals surface area contributed by atoms with Gasteiger partial charge in [0, 0.05) is 0 Å². The molecule has 1 aliphatic heterocycles. The van der Waals surface area contributed by atoms with Gasteiger partial charge in [-0.15, -0.1) is 0 Å². The SMILES string of the molecule is CC1CNc2cccc(F)c2O1. The van der Waals surface area contributed by atoms with E-state index < -0.39 is 0 Å². The number of anilines is 1. The number of nitrogens with one attached hydrogen (secondary N) is 1. The third kappa shape index (κ3) is 1.11. The first kappa shape index (κ1) is 7.40. The summed E-state index contributed by atoms with van der Waals surface area (Å²) < 4.78 is 18.4. The zero-order chi connectivity index (χ0) is 8.55. The Hall–Kier alpha value is -1.25. The third-order valence-corrected chi connectivity index (χ3v) is 1.87. The molecule has 0 saturated heterocycles. The average Bonchev–Trinajstić information content (AvgIpc) is 2.07. The van der Waals surface area contributed by atoms with Crippen LogP contribution in [0.5, 0.6) is 5.75 Å². The molecule has 2 rings (SSSR count). The van der Waals surface area contributed by atoms with E-state index in [-0.39, 0.29) is 11.9 Å². The normalized spacial score (nSPS) is 20.7. The lowest BCUT2D eigenvalue weighted by Gasteiger charge is -2.24. The molecule has 1 aromatic rings.